The van der Waals surface area contributed by atoms with Crippen molar-refractivity contribution < 1.29 is 26.4 Å². The zero-order valence-corrected chi connectivity index (χ0v) is 13.8. The fourth-order valence-electron chi connectivity index (χ4n) is 1.64. The Kier molecular flexibility index (Phi) is 9.84. The van der Waals surface area contributed by atoms with Crippen molar-refractivity contribution in [3.63, 3.8) is 0 Å². The van der Waals surface area contributed by atoms with Crippen LogP contribution in [0.1, 0.15) is 7.43 Å². The first-order valence-corrected chi connectivity index (χ1v) is 6.92. The SMILES string of the molecule is C.FC(F)(F)F.Nc1cnc2[nH]c(=O)oc2c1.O=[N+]=O.O=c1[nH]c2ncccc2o1. The summed E-state index contributed by atoms with van der Waals surface area (Å²) in [7, 11) is 0. The Bertz CT molecular complexity index is 1160. The summed E-state index contributed by atoms with van der Waals surface area (Å²) in [6.07, 6.45) is -2.46. The lowest BCUT2D eigenvalue weighted by Crippen LogP contribution is -1.93. The summed E-state index contributed by atoms with van der Waals surface area (Å²) in [5.41, 5.74) is 7.66. The van der Waals surface area contributed by atoms with E-state index in [1.165, 1.54) is 6.20 Å². The predicted octanol–water partition coefficient (Wildman–Crippen LogP) is 2.31. The number of nitrogen functional groups attached to an aromatic ring is 1. The molecule has 0 aromatic carbocycles. The van der Waals surface area contributed by atoms with Crippen LogP contribution in [-0.2, 0) is 0 Å². The van der Waals surface area contributed by atoms with Crippen molar-refractivity contribution in [3.05, 3.63) is 61.5 Å². The van der Waals surface area contributed by atoms with Gasteiger partial charge in [0, 0.05) is 12.3 Å². The maximum absolute atomic E-state index is 10.6. The van der Waals surface area contributed by atoms with Gasteiger partial charge in [-0.25, -0.2) is 19.6 Å². The van der Waals surface area contributed by atoms with E-state index in [1.807, 2.05) is 0 Å². The number of fused-ring (bicyclic) bond motifs is 2. The average molecular weight is 437 g/mol. The molecule has 4 rings (SSSR count). The Hall–Kier alpha value is -4.33. The molecule has 30 heavy (non-hydrogen) atoms. The Balaban J connectivity index is 0.000000411. The number of hydrogen-bond donors (Lipinski definition) is 3. The topological polar surface area (TPSA) is 192 Å². The molecule has 0 bridgehead atoms. The standard InChI is InChI=1S/C6H5N3O2.C6H4N2O2.CF4.CH4.NO2/c7-3-1-4-5(8-2-3)9-6(10)11-4;9-6-8-5-4(10-6)2-1-3-7-5;2-1(3,4)5;;2-1-3/h1-2H,7H2,(H,8,9,10);1-3H,(H,7,8,9);;1H4;/q;;;;+1. The molecule has 4 aromatic rings. The fourth-order valence-corrected chi connectivity index (χ4v) is 1.64. The number of H-pyrrole nitrogens is 2. The van der Waals surface area contributed by atoms with Gasteiger partial charge in [0.2, 0.25) is 9.81 Å². The van der Waals surface area contributed by atoms with Crippen LogP contribution < -0.4 is 22.3 Å². The highest BCUT2D eigenvalue weighted by atomic mass is 19.5. The Morgan fingerprint density at radius 3 is 1.93 bits per heavy atom. The summed E-state index contributed by atoms with van der Waals surface area (Å²) in [6, 6.07) is 4.93. The van der Waals surface area contributed by atoms with Crippen molar-refractivity contribution >= 4 is 28.1 Å². The molecule has 0 radical (unpaired) electrons. The van der Waals surface area contributed by atoms with Crippen molar-refractivity contribution in [3.8, 4) is 0 Å². The molecule has 0 spiro atoms. The lowest BCUT2D eigenvalue weighted by molar-refractivity contribution is -0.237. The van der Waals surface area contributed by atoms with Crippen molar-refractivity contribution in [2.45, 2.75) is 13.9 Å². The number of anilines is 1. The van der Waals surface area contributed by atoms with Gasteiger partial charge in [0.25, 0.3) is 0 Å². The highest BCUT2D eigenvalue weighted by molar-refractivity contribution is 5.70. The average Bonchev–Trinajstić information content (AvgIpc) is 3.14. The number of hydrogen-bond acceptors (Lipinski definition) is 9. The molecule has 0 fully saturated rings. The van der Waals surface area contributed by atoms with Gasteiger partial charge in [-0.15, -0.1) is 17.6 Å². The number of oxazole rings is 2. The molecule has 4 aromatic heterocycles. The van der Waals surface area contributed by atoms with Gasteiger partial charge in [-0.3, -0.25) is 9.97 Å². The molecular weight excluding hydrogens is 424 g/mol. The molecule has 0 unspecified atom stereocenters. The molecule has 0 aliphatic rings. The summed E-state index contributed by atoms with van der Waals surface area (Å²) >= 11 is 0. The van der Waals surface area contributed by atoms with Crippen LogP contribution in [0.5, 0.6) is 0 Å². The maximum Gasteiger partial charge on any atom is 0.569 e. The molecule has 12 nitrogen and oxygen atoms in total. The Morgan fingerprint density at radius 1 is 0.967 bits per heavy atom. The van der Waals surface area contributed by atoms with Crippen LogP contribution in [0.25, 0.3) is 22.5 Å². The molecule has 162 valence electrons. The highest BCUT2D eigenvalue weighted by Crippen LogP contribution is 2.13. The van der Waals surface area contributed by atoms with Gasteiger partial charge >= 0.3 is 23.0 Å². The van der Waals surface area contributed by atoms with E-state index in [0.29, 0.717) is 28.1 Å². The summed E-state index contributed by atoms with van der Waals surface area (Å²) in [6.45, 7) is 0. The quantitative estimate of drug-likeness (QED) is 0.273. The van der Waals surface area contributed by atoms with Gasteiger partial charge in [0.15, 0.2) is 22.5 Å². The van der Waals surface area contributed by atoms with Gasteiger partial charge in [-0.1, -0.05) is 7.43 Å². The highest BCUT2D eigenvalue weighted by Gasteiger charge is 2.24. The third-order valence-corrected chi connectivity index (χ3v) is 2.49. The van der Waals surface area contributed by atoms with E-state index in [0.717, 1.165) is 5.04 Å². The lowest BCUT2D eigenvalue weighted by Gasteiger charge is -1.87. The molecular formula is C14H13F4N6O6+. The minimum atomic E-state index is -5.50. The van der Waals surface area contributed by atoms with Gasteiger partial charge < -0.3 is 14.6 Å². The van der Waals surface area contributed by atoms with Crippen LogP contribution in [0.3, 0.4) is 0 Å². The second-order valence-electron chi connectivity index (χ2n) is 4.50. The summed E-state index contributed by atoms with van der Waals surface area (Å²) in [4.78, 5) is 49.6. The zero-order chi connectivity index (χ0) is 22.0. The van der Waals surface area contributed by atoms with Crippen LogP contribution in [-0.4, -0.2) is 26.4 Å². The molecule has 0 aliphatic heterocycles. The molecule has 0 saturated carbocycles. The second kappa shape index (κ2) is 11.5. The van der Waals surface area contributed by atoms with Crippen molar-refractivity contribution in [1.29, 1.82) is 0 Å². The minimum absolute atomic E-state index is 0. The molecule has 16 heteroatoms. The number of aromatic nitrogens is 4. The normalized spacial score (nSPS) is 9.60. The smallest absolute Gasteiger partial charge is 0.406 e. The first-order valence-electron chi connectivity index (χ1n) is 6.92. The number of rotatable bonds is 0. The van der Waals surface area contributed by atoms with Crippen LogP contribution in [0.4, 0.5) is 23.2 Å². The Labute approximate surface area is 161 Å². The van der Waals surface area contributed by atoms with Crippen LogP contribution >= 0.6 is 0 Å². The number of nitrogens with one attached hydrogen (secondary N) is 2. The van der Waals surface area contributed by atoms with Gasteiger partial charge in [-0.2, -0.15) is 0 Å². The number of nitroso groups, excluding NO2 is 2. The fraction of sp³-hybridized carbons (Fsp3) is 0.143. The van der Waals surface area contributed by atoms with E-state index in [4.69, 9.17) is 24.4 Å². The molecule has 0 saturated heterocycles. The van der Waals surface area contributed by atoms with E-state index < -0.39 is 17.9 Å². The van der Waals surface area contributed by atoms with E-state index >= 15 is 0 Å². The number of nitrogens with two attached hydrogens (primary N) is 1. The van der Waals surface area contributed by atoms with Crippen molar-refractivity contribution in [2.75, 3.05) is 5.73 Å². The minimum Gasteiger partial charge on any atom is -0.406 e. The zero-order valence-electron chi connectivity index (χ0n) is 13.8. The van der Waals surface area contributed by atoms with Crippen LogP contribution in [0, 0.1) is 9.81 Å². The number of pyridine rings is 2. The first kappa shape index (κ1) is 25.7. The third-order valence-electron chi connectivity index (χ3n) is 2.49. The van der Waals surface area contributed by atoms with Crippen molar-refractivity contribution in [2.24, 2.45) is 0 Å². The third kappa shape index (κ3) is 9.56. The molecule has 0 amide bonds. The lowest BCUT2D eigenvalue weighted by atomic mass is 10.4. The number of alkyl halides is 4. The predicted molar refractivity (Wildman–Crippen MR) is 96.4 cm³/mol. The second-order valence-corrected chi connectivity index (χ2v) is 4.50. The molecule has 4 heterocycles. The maximum atomic E-state index is 10.6. The van der Waals surface area contributed by atoms with E-state index in [-0.39, 0.29) is 7.43 Å². The largest absolute Gasteiger partial charge is 0.569 e. The van der Waals surface area contributed by atoms with Crippen molar-refractivity contribution in [1.82, 2.24) is 25.0 Å². The molecule has 0 atom stereocenters. The number of halogens is 4. The number of nitrogens with zero attached hydrogens (tertiary/aromatic N) is 3. The molecule has 4 N–H and O–H groups in total. The monoisotopic (exact) mass is 437 g/mol. The van der Waals surface area contributed by atoms with Crippen LogP contribution in [0.15, 0.2) is 49.0 Å². The summed E-state index contributed by atoms with van der Waals surface area (Å²) < 4.78 is 48.1. The molecule has 0 aliphatic carbocycles. The number of aromatic amines is 2. The van der Waals surface area contributed by atoms with E-state index in [2.05, 4.69) is 19.9 Å². The Morgan fingerprint density at radius 2 is 1.43 bits per heavy atom. The van der Waals surface area contributed by atoms with Gasteiger partial charge in [0.1, 0.15) is 0 Å². The van der Waals surface area contributed by atoms with E-state index in [1.54, 1.807) is 24.4 Å². The van der Waals surface area contributed by atoms with Gasteiger partial charge in [-0.05, 0) is 12.1 Å². The van der Waals surface area contributed by atoms with E-state index in [9.17, 15) is 27.2 Å². The van der Waals surface area contributed by atoms with Gasteiger partial charge in [0.05, 0.1) is 11.9 Å². The summed E-state index contributed by atoms with van der Waals surface area (Å²) in [5, 5.41) is 1.00. The summed E-state index contributed by atoms with van der Waals surface area (Å²) in [5.74, 6) is -0.980. The first-order chi connectivity index (χ1) is 13.5. The van der Waals surface area contributed by atoms with Crippen LogP contribution in [0.2, 0.25) is 0 Å².